The summed E-state index contributed by atoms with van der Waals surface area (Å²) >= 11 is 0. The predicted molar refractivity (Wildman–Crippen MR) is 58.0 cm³/mol. The van der Waals surface area contributed by atoms with E-state index in [0.717, 1.165) is 0 Å². The van der Waals surface area contributed by atoms with Crippen LogP contribution in [0.1, 0.15) is 0 Å². The van der Waals surface area contributed by atoms with Gasteiger partial charge in [0.25, 0.3) is 0 Å². The molecule has 0 N–H and O–H groups in total. The van der Waals surface area contributed by atoms with Crippen LogP contribution in [-0.2, 0) is 40.5 Å². The molecule has 8 heteroatoms. The second-order valence-corrected chi connectivity index (χ2v) is 0. The van der Waals surface area contributed by atoms with Crippen molar-refractivity contribution in [2.75, 3.05) is 0 Å². The molecule has 0 rings (SSSR count). The number of hydrogen-bond donors (Lipinski definition) is 0. The van der Waals surface area contributed by atoms with Crippen LogP contribution in [0.5, 0.6) is 0 Å². The minimum absolute atomic E-state index is 0. The fourth-order valence-corrected chi connectivity index (χ4v) is 0. The van der Waals surface area contributed by atoms with Crippen molar-refractivity contribution in [2.45, 2.75) is 0 Å². The van der Waals surface area contributed by atoms with Crippen molar-refractivity contribution in [1.29, 1.82) is 0 Å². The summed E-state index contributed by atoms with van der Waals surface area (Å²) in [6.45, 7) is 0. The zero-order valence-electron chi connectivity index (χ0n) is 2.32. The van der Waals surface area contributed by atoms with Crippen molar-refractivity contribution in [2.24, 2.45) is 0 Å². The van der Waals surface area contributed by atoms with E-state index in [2.05, 4.69) is 0 Å². The van der Waals surface area contributed by atoms with Gasteiger partial charge in [-0.05, 0) is 0 Å². The number of rotatable bonds is 0. The van der Waals surface area contributed by atoms with Gasteiger partial charge in [0.05, 0.1) is 8.41 Å². The van der Waals surface area contributed by atoms with Crippen LogP contribution in [0, 0.1) is 0 Å². The largest absolute Gasteiger partial charge is 0 e. The summed E-state index contributed by atoms with van der Waals surface area (Å²) in [5.74, 6) is 0. The van der Waals surface area contributed by atoms with Crippen LogP contribution in [0.25, 0.3) is 0 Å². The summed E-state index contributed by atoms with van der Waals surface area (Å²) in [7, 11) is 0. The molecule has 0 nitrogen and oxygen atoms in total. The Balaban J connectivity index is 0. The first-order valence-electron chi connectivity index (χ1n) is 0. The quantitative estimate of drug-likeness (QED) is 0.231. The van der Waals surface area contributed by atoms with Crippen LogP contribution in [0.4, 0.5) is 0 Å². The van der Waals surface area contributed by atoms with Crippen molar-refractivity contribution >= 4 is 136 Å². The van der Waals surface area contributed by atoms with Gasteiger partial charge in [0.1, 0.15) is 0 Å². The maximum atomic E-state index is 0. The average molecular weight is 499 g/mol. The van der Waals surface area contributed by atoms with Crippen LogP contribution in [-0.4, -0.2) is 126 Å². The maximum Gasteiger partial charge on any atom is 0 e. The molecule has 0 aliphatic carbocycles. The van der Waals surface area contributed by atoms with Crippen molar-refractivity contribution in [3.63, 3.8) is 0 Å². The van der Waals surface area contributed by atoms with E-state index < -0.39 is 0 Å². The standard InChI is InChI=1S/BH3.Ca.GeH4.Mo.H3P.H2Se.Sr.Zn.4H/h1H3;;1H4;;1H3;1H2;;;;;;. The van der Waals surface area contributed by atoms with E-state index in [9.17, 15) is 0 Å². The molecule has 0 aromatic rings. The van der Waals surface area contributed by atoms with Crippen LogP contribution in [0.15, 0.2) is 0 Å². The first-order valence-corrected chi connectivity index (χ1v) is 0. The zero-order chi connectivity index (χ0) is 0. The van der Waals surface area contributed by atoms with Gasteiger partial charge < -0.3 is 0 Å². The van der Waals surface area contributed by atoms with Gasteiger partial charge in [0.2, 0.25) is 0 Å². The van der Waals surface area contributed by atoms with E-state index >= 15 is 0 Å². The zero-order valence-corrected chi connectivity index (χ0v) is 10.8. The molecule has 0 aliphatic rings. The average Bonchev–Trinajstić information content (AvgIpc) is 0. The Morgan fingerprint density at radius 3 is 1.00 bits per heavy atom. The van der Waals surface area contributed by atoms with Gasteiger partial charge in [-0.3, -0.25) is 0 Å². The Morgan fingerprint density at radius 1 is 1.00 bits per heavy atom. The van der Waals surface area contributed by atoms with Gasteiger partial charge in [-0.25, -0.2) is 0 Å². The summed E-state index contributed by atoms with van der Waals surface area (Å²) in [6.07, 6.45) is 0. The van der Waals surface area contributed by atoms with Crippen molar-refractivity contribution in [3.05, 3.63) is 0 Å². The van der Waals surface area contributed by atoms with E-state index in [0.29, 0.717) is 0 Å². The number of hydrogen-bond acceptors (Lipinski definition) is 0. The second kappa shape index (κ2) is 54.0. The third kappa shape index (κ3) is 41.5. The van der Waals surface area contributed by atoms with Gasteiger partial charge in [-0.1, -0.05) is 0 Å². The molecule has 0 aromatic heterocycles. The molecule has 0 spiro atoms. The normalized spacial score (nSPS) is 0. The molecule has 0 saturated heterocycles. The minimum atomic E-state index is 0. The van der Waals surface area contributed by atoms with E-state index in [4.69, 9.17) is 0 Å². The van der Waals surface area contributed by atoms with Gasteiger partial charge in [0, 0.05) is 40.5 Å². The molecule has 0 saturated carbocycles. The minimum Gasteiger partial charge on any atom is 0 e. The second-order valence-electron chi connectivity index (χ2n) is 0. The van der Waals surface area contributed by atoms with Crippen LogP contribution >= 0.6 is 9.90 Å². The summed E-state index contributed by atoms with van der Waals surface area (Å²) in [4.78, 5) is 0. The first-order chi connectivity index (χ1) is 0. The van der Waals surface area contributed by atoms with Crippen molar-refractivity contribution in [3.8, 4) is 0 Å². The van der Waals surface area contributed by atoms with E-state index in [1.807, 2.05) is 0 Å². The maximum absolute atomic E-state index is 0. The molecule has 1 atom stereocenters. The molecule has 0 radical (unpaired) electrons. The van der Waals surface area contributed by atoms with E-state index in [1.165, 1.54) is 0 Å². The Morgan fingerprint density at radius 2 is 1.00 bits per heavy atom. The van der Waals surface area contributed by atoms with Gasteiger partial charge in [0.15, 0.2) is 0 Å². The van der Waals surface area contributed by atoms with Gasteiger partial charge in [-0.15, -0.1) is 0 Å². The molecule has 0 bridgehead atoms. The Labute approximate surface area is 172 Å². The Kier molecular flexibility index (Phi) is 464. The molecule has 0 aliphatic heterocycles. The molecular formula is H16BCaGeMoPSeSrZn. The fourth-order valence-electron chi connectivity index (χ4n) is 0. The Hall–Kier alpha value is 5.61. The SMILES string of the molecule is B.P.[CaH2].[GeH4].[Mo].[SeH2].[SrH2].[Zn]. The first kappa shape index (κ1) is 68.8. The van der Waals surface area contributed by atoms with Crippen molar-refractivity contribution in [1.82, 2.24) is 0 Å². The summed E-state index contributed by atoms with van der Waals surface area (Å²) in [5.41, 5.74) is 0. The van der Waals surface area contributed by atoms with Crippen LogP contribution in [0.3, 0.4) is 0 Å². The summed E-state index contributed by atoms with van der Waals surface area (Å²) in [6, 6.07) is 0. The van der Waals surface area contributed by atoms with E-state index in [-0.39, 0.29) is 177 Å². The van der Waals surface area contributed by atoms with E-state index in [1.54, 1.807) is 0 Å². The molecule has 8 heavy (non-hydrogen) atoms. The molecule has 0 aromatic carbocycles. The topological polar surface area (TPSA) is 0 Å². The van der Waals surface area contributed by atoms with Crippen LogP contribution in [0.2, 0.25) is 0 Å². The molecule has 0 fully saturated rings. The fraction of sp³-hybridized carbons (Fsp3) is 0. The molecule has 46 valence electrons. The predicted octanol–water partition coefficient (Wildman–Crippen LogP) is -5.33. The third-order valence-electron chi connectivity index (χ3n) is 0. The van der Waals surface area contributed by atoms with Gasteiger partial charge in [-0.2, -0.15) is 9.90 Å². The van der Waals surface area contributed by atoms with Crippen LogP contribution < -0.4 is 0 Å². The molecule has 0 amide bonds. The molecular weight excluding hydrogens is 482 g/mol. The molecule has 1 unspecified atom stereocenters. The summed E-state index contributed by atoms with van der Waals surface area (Å²) < 4.78 is 0. The van der Waals surface area contributed by atoms with Crippen molar-refractivity contribution < 1.29 is 40.5 Å². The van der Waals surface area contributed by atoms with Gasteiger partial charge >= 0.3 is 118 Å². The molecule has 0 heterocycles. The smallest absolute Gasteiger partial charge is 0 e. The third-order valence-corrected chi connectivity index (χ3v) is 0. The Bertz CT molecular complexity index is 24.0. The summed E-state index contributed by atoms with van der Waals surface area (Å²) in [5, 5.41) is 0. The monoisotopic (exact) mass is 502 g/mol.